The number of hydrogen-bond donors (Lipinski definition) is 1. The highest BCUT2D eigenvalue weighted by atomic mass is 79.9. The highest BCUT2D eigenvalue weighted by Gasteiger charge is 2.10. The van der Waals surface area contributed by atoms with Crippen LogP contribution in [0.25, 0.3) is 0 Å². The normalized spacial score (nSPS) is 10.8. The number of carbonyl (C=O) groups is 1. The summed E-state index contributed by atoms with van der Waals surface area (Å²) in [5.74, 6) is -0.607. The zero-order valence-electron chi connectivity index (χ0n) is 12.6. The zero-order valence-corrected chi connectivity index (χ0v) is 14.2. The fourth-order valence-corrected chi connectivity index (χ4v) is 2.61. The second-order valence-electron chi connectivity index (χ2n) is 5.36. The molecule has 2 aromatic rings. The monoisotopic (exact) mass is 364 g/mol. The molecular formula is C17H18BrFN2O. The van der Waals surface area contributed by atoms with Crippen LogP contribution >= 0.6 is 15.9 Å². The molecule has 0 heterocycles. The fourth-order valence-electron chi connectivity index (χ4n) is 2.08. The van der Waals surface area contributed by atoms with Crippen LogP contribution in [-0.4, -0.2) is 24.9 Å². The summed E-state index contributed by atoms with van der Waals surface area (Å²) in [6.07, 6.45) is 0. The van der Waals surface area contributed by atoms with Crippen molar-refractivity contribution in [2.75, 3.05) is 14.1 Å². The molecule has 0 unspecified atom stereocenters. The van der Waals surface area contributed by atoms with Crippen molar-refractivity contribution in [1.82, 2.24) is 10.2 Å². The molecule has 1 N–H and O–H groups in total. The van der Waals surface area contributed by atoms with Gasteiger partial charge >= 0.3 is 0 Å². The Balaban J connectivity index is 1.96. The van der Waals surface area contributed by atoms with Gasteiger partial charge in [-0.2, -0.15) is 0 Å². The molecular weight excluding hydrogens is 347 g/mol. The van der Waals surface area contributed by atoms with Crippen molar-refractivity contribution in [2.45, 2.75) is 13.1 Å². The van der Waals surface area contributed by atoms with Gasteiger partial charge in [0.25, 0.3) is 5.91 Å². The Morgan fingerprint density at radius 3 is 2.36 bits per heavy atom. The Bertz CT molecular complexity index is 656. The van der Waals surface area contributed by atoms with Gasteiger partial charge in [-0.05, 0) is 59.4 Å². The highest BCUT2D eigenvalue weighted by molar-refractivity contribution is 9.10. The number of nitrogens with zero attached hydrogens (tertiary/aromatic N) is 1. The highest BCUT2D eigenvalue weighted by Crippen LogP contribution is 2.18. The molecule has 0 aromatic heterocycles. The van der Waals surface area contributed by atoms with Crippen LogP contribution in [0.4, 0.5) is 4.39 Å². The van der Waals surface area contributed by atoms with E-state index in [-0.39, 0.29) is 11.7 Å². The maximum atomic E-state index is 13.0. The van der Waals surface area contributed by atoms with Gasteiger partial charge in [0.1, 0.15) is 5.82 Å². The van der Waals surface area contributed by atoms with E-state index in [4.69, 9.17) is 0 Å². The molecule has 1 amide bonds. The van der Waals surface area contributed by atoms with E-state index in [1.807, 2.05) is 26.2 Å². The third-order valence-corrected chi connectivity index (χ3v) is 3.81. The van der Waals surface area contributed by atoms with Crippen molar-refractivity contribution in [3.05, 3.63) is 69.4 Å². The van der Waals surface area contributed by atoms with Gasteiger partial charge < -0.3 is 10.2 Å². The number of carbonyl (C=O) groups excluding carboxylic acids is 1. The molecule has 0 spiro atoms. The first-order valence-electron chi connectivity index (χ1n) is 6.91. The summed E-state index contributed by atoms with van der Waals surface area (Å²) >= 11 is 3.20. The number of amides is 1. The summed E-state index contributed by atoms with van der Waals surface area (Å²) in [6.45, 7) is 1.32. The van der Waals surface area contributed by atoms with Crippen molar-refractivity contribution >= 4 is 21.8 Å². The number of hydrogen-bond acceptors (Lipinski definition) is 2. The summed E-state index contributed by atoms with van der Waals surface area (Å²) < 4.78 is 13.5. The van der Waals surface area contributed by atoms with Gasteiger partial charge in [0.2, 0.25) is 0 Å². The minimum Gasteiger partial charge on any atom is -0.348 e. The van der Waals surface area contributed by atoms with Crippen LogP contribution in [0.3, 0.4) is 0 Å². The van der Waals surface area contributed by atoms with E-state index in [0.717, 1.165) is 12.1 Å². The summed E-state index contributed by atoms with van der Waals surface area (Å²) in [5, 5.41) is 2.83. The predicted molar refractivity (Wildman–Crippen MR) is 89.1 cm³/mol. The molecule has 0 atom stereocenters. The van der Waals surface area contributed by atoms with Gasteiger partial charge in [0.15, 0.2) is 0 Å². The lowest BCUT2D eigenvalue weighted by Crippen LogP contribution is -2.23. The van der Waals surface area contributed by atoms with Crippen LogP contribution in [0.2, 0.25) is 0 Å². The summed E-state index contributed by atoms with van der Waals surface area (Å²) in [7, 11) is 4.05. The summed E-state index contributed by atoms with van der Waals surface area (Å²) in [4.78, 5) is 14.2. The van der Waals surface area contributed by atoms with E-state index in [2.05, 4.69) is 38.3 Å². The molecule has 0 saturated carbocycles. The zero-order chi connectivity index (χ0) is 16.1. The van der Waals surface area contributed by atoms with Gasteiger partial charge in [-0.25, -0.2) is 4.39 Å². The van der Waals surface area contributed by atoms with Crippen molar-refractivity contribution < 1.29 is 9.18 Å². The molecule has 0 radical (unpaired) electrons. The van der Waals surface area contributed by atoms with Gasteiger partial charge in [0.05, 0.1) is 5.56 Å². The Kier molecular flexibility index (Phi) is 5.69. The molecule has 3 nitrogen and oxygen atoms in total. The molecule has 0 saturated heterocycles. The standard InChI is InChI=1S/C17H18BrFN2O/c1-21(2)11-13-5-3-12(4-6-13)10-20-17(22)15-8-7-14(19)9-16(15)18/h3-9H,10-11H2,1-2H3,(H,20,22). The van der Waals surface area contributed by atoms with E-state index in [0.29, 0.717) is 16.6 Å². The van der Waals surface area contributed by atoms with E-state index < -0.39 is 0 Å². The van der Waals surface area contributed by atoms with Gasteiger partial charge in [-0.15, -0.1) is 0 Å². The maximum Gasteiger partial charge on any atom is 0.252 e. The molecule has 2 aromatic carbocycles. The number of rotatable bonds is 5. The van der Waals surface area contributed by atoms with E-state index in [1.165, 1.54) is 23.8 Å². The van der Waals surface area contributed by atoms with Crippen molar-refractivity contribution in [3.8, 4) is 0 Å². The Hall–Kier alpha value is -1.72. The number of halogens is 2. The molecule has 0 aliphatic carbocycles. The first-order chi connectivity index (χ1) is 10.5. The predicted octanol–water partition coefficient (Wildman–Crippen LogP) is 3.58. The minimum atomic E-state index is -0.375. The smallest absolute Gasteiger partial charge is 0.252 e. The first kappa shape index (κ1) is 16.6. The molecule has 116 valence electrons. The number of benzene rings is 2. The average molecular weight is 365 g/mol. The fraction of sp³-hybridized carbons (Fsp3) is 0.235. The lowest BCUT2D eigenvalue weighted by Gasteiger charge is -2.11. The first-order valence-corrected chi connectivity index (χ1v) is 7.71. The maximum absolute atomic E-state index is 13.0. The Morgan fingerprint density at radius 2 is 1.77 bits per heavy atom. The van der Waals surface area contributed by atoms with Crippen molar-refractivity contribution in [2.24, 2.45) is 0 Å². The molecule has 22 heavy (non-hydrogen) atoms. The topological polar surface area (TPSA) is 32.3 Å². The summed E-state index contributed by atoms with van der Waals surface area (Å²) in [6, 6.07) is 12.1. The van der Waals surface area contributed by atoms with Gasteiger partial charge in [0, 0.05) is 17.6 Å². The summed E-state index contributed by atoms with van der Waals surface area (Å²) in [5.41, 5.74) is 2.67. The van der Waals surface area contributed by atoms with Crippen molar-refractivity contribution in [3.63, 3.8) is 0 Å². The molecule has 0 aliphatic heterocycles. The van der Waals surface area contributed by atoms with E-state index in [9.17, 15) is 9.18 Å². The quantitative estimate of drug-likeness (QED) is 0.879. The Labute approximate surface area is 138 Å². The van der Waals surface area contributed by atoms with Crippen LogP contribution in [-0.2, 0) is 13.1 Å². The SMILES string of the molecule is CN(C)Cc1ccc(CNC(=O)c2ccc(F)cc2Br)cc1. The van der Waals surface area contributed by atoms with E-state index in [1.54, 1.807) is 0 Å². The second-order valence-corrected chi connectivity index (χ2v) is 6.22. The number of nitrogens with one attached hydrogen (secondary N) is 1. The van der Waals surface area contributed by atoms with Crippen molar-refractivity contribution in [1.29, 1.82) is 0 Å². The molecule has 0 bridgehead atoms. The van der Waals surface area contributed by atoms with Crippen LogP contribution in [0, 0.1) is 5.82 Å². The third-order valence-electron chi connectivity index (χ3n) is 3.15. The lowest BCUT2D eigenvalue weighted by atomic mass is 10.1. The third kappa shape index (κ3) is 4.64. The molecule has 5 heteroatoms. The van der Waals surface area contributed by atoms with Crippen LogP contribution in [0.15, 0.2) is 46.9 Å². The Morgan fingerprint density at radius 1 is 1.14 bits per heavy atom. The molecule has 2 rings (SSSR count). The molecule has 0 aliphatic rings. The largest absolute Gasteiger partial charge is 0.348 e. The lowest BCUT2D eigenvalue weighted by molar-refractivity contribution is 0.0950. The van der Waals surface area contributed by atoms with E-state index >= 15 is 0 Å². The minimum absolute atomic E-state index is 0.232. The van der Waals surface area contributed by atoms with Gasteiger partial charge in [-0.3, -0.25) is 4.79 Å². The van der Waals surface area contributed by atoms with Crippen LogP contribution in [0.5, 0.6) is 0 Å². The van der Waals surface area contributed by atoms with Gasteiger partial charge in [-0.1, -0.05) is 24.3 Å². The average Bonchev–Trinajstić information content (AvgIpc) is 2.45. The van der Waals surface area contributed by atoms with Crippen LogP contribution < -0.4 is 5.32 Å². The molecule has 0 fully saturated rings. The van der Waals surface area contributed by atoms with Crippen LogP contribution in [0.1, 0.15) is 21.5 Å². The second kappa shape index (κ2) is 7.51.